The number of carbonyl (C=O) groups is 1. The Balaban J connectivity index is 2.12. The van der Waals surface area contributed by atoms with Crippen LogP contribution in [0.25, 0.3) is 0 Å². The average Bonchev–Trinajstić information content (AvgIpc) is 2.93. The second-order valence-electron chi connectivity index (χ2n) is 5.20. The zero-order valence-corrected chi connectivity index (χ0v) is 13.8. The number of hydrogen-bond donors (Lipinski definition) is 1. The smallest absolute Gasteiger partial charge is 0.242 e. The molecule has 1 amide bonds. The summed E-state index contributed by atoms with van der Waals surface area (Å²) in [6.45, 7) is 2.13. The third-order valence-electron chi connectivity index (χ3n) is 3.51. The standard InChI is InChI=1S/C14H18ClFN2O3S/c1-2-8-22(20,21)18-7-3-4-13(18)14(19)17-10-5-6-12(16)11(15)9-10/h5-6,9,13H,2-4,7-8H2,1H3,(H,17,19). The Hall–Kier alpha value is -1.18. The molecule has 1 aliphatic heterocycles. The van der Waals surface area contributed by atoms with E-state index in [0.29, 0.717) is 31.5 Å². The number of sulfonamides is 1. The van der Waals surface area contributed by atoms with Crippen LogP contribution in [0.2, 0.25) is 5.02 Å². The fourth-order valence-corrected chi connectivity index (χ4v) is 4.44. The number of amides is 1. The summed E-state index contributed by atoms with van der Waals surface area (Å²) in [5.41, 5.74) is 0.344. The van der Waals surface area contributed by atoms with Crippen molar-refractivity contribution in [1.82, 2.24) is 4.31 Å². The molecule has 1 N–H and O–H groups in total. The summed E-state index contributed by atoms with van der Waals surface area (Å²) in [5, 5.41) is 2.50. The van der Waals surface area contributed by atoms with E-state index in [0.717, 1.165) is 6.07 Å². The predicted octanol–water partition coefficient (Wildman–Crippen LogP) is 2.62. The van der Waals surface area contributed by atoms with E-state index >= 15 is 0 Å². The topological polar surface area (TPSA) is 66.5 Å². The number of nitrogens with zero attached hydrogens (tertiary/aromatic N) is 1. The van der Waals surface area contributed by atoms with Gasteiger partial charge in [-0.15, -0.1) is 0 Å². The molecule has 0 bridgehead atoms. The van der Waals surface area contributed by atoms with Crippen molar-refractivity contribution < 1.29 is 17.6 Å². The Morgan fingerprint density at radius 3 is 2.86 bits per heavy atom. The van der Waals surface area contributed by atoms with Crippen molar-refractivity contribution in [3.05, 3.63) is 29.0 Å². The summed E-state index contributed by atoms with van der Waals surface area (Å²) >= 11 is 5.67. The first-order valence-corrected chi connectivity index (χ1v) is 9.09. The van der Waals surface area contributed by atoms with Gasteiger partial charge >= 0.3 is 0 Å². The molecule has 0 saturated carbocycles. The normalized spacial score (nSPS) is 19.3. The first kappa shape index (κ1) is 17.2. The van der Waals surface area contributed by atoms with Crippen LogP contribution in [0.5, 0.6) is 0 Å². The highest BCUT2D eigenvalue weighted by atomic mass is 35.5. The van der Waals surface area contributed by atoms with E-state index in [2.05, 4.69) is 5.32 Å². The molecule has 5 nitrogen and oxygen atoms in total. The molecule has 1 saturated heterocycles. The van der Waals surface area contributed by atoms with Gasteiger partial charge in [-0.3, -0.25) is 4.79 Å². The maximum atomic E-state index is 13.1. The highest BCUT2D eigenvalue weighted by Gasteiger charge is 2.38. The van der Waals surface area contributed by atoms with Gasteiger partial charge in [0.2, 0.25) is 15.9 Å². The van der Waals surface area contributed by atoms with Crippen LogP contribution in [0.1, 0.15) is 26.2 Å². The monoisotopic (exact) mass is 348 g/mol. The summed E-state index contributed by atoms with van der Waals surface area (Å²) in [5.74, 6) is -0.966. The maximum absolute atomic E-state index is 13.1. The predicted molar refractivity (Wildman–Crippen MR) is 83.8 cm³/mol. The molecule has 0 spiro atoms. The lowest BCUT2D eigenvalue weighted by atomic mass is 10.2. The Morgan fingerprint density at radius 1 is 1.50 bits per heavy atom. The van der Waals surface area contributed by atoms with Gasteiger partial charge in [-0.1, -0.05) is 18.5 Å². The summed E-state index contributed by atoms with van der Waals surface area (Å²) in [7, 11) is -3.42. The van der Waals surface area contributed by atoms with E-state index in [9.17, 15) is 17.6 Å². The molecular formula is C14H18ClFN2O3S. The van der Waals surface area contributed by atoms with Gasteiger partial charge in [0.15, 0.2) is 0 Å². The molecule has 1 aromatic rings. The summed E-state index contributed by atoms with van der Waals surface area (Å²) < 4.78 is 38.7. The van der Waals surface area contributed by atoms with Gasteiger partial charge in [-0.05, 0) is 37.5 Å². The van der Waals surface area contributed by atoms with Crippen LogP contribution in [0, 0.1) is 5.82 Å². The average molecular weight is 349 g/mol. The lowest BCUT2D eigenvalue weighted by molar-refractivity contribution is -0.119. The zero-order valence-electron chi connectivity index (χ0n) is 12.2. The van der Waals surface area contributed by atoms with Gasteiger partial charge in [0.1, 0.15) is 11.9 Å². The molecule has 0 aliphatic carbocycles. The summed E-state index contributed by atoms with van der Waals surface area (Å²) in [6, 6.07) is 3.12. The van der Waals surface area contributed by atoms with Gasteiger partial charge in [-0.2, -0.15) is 4.31 Å². The SMILES string of the molecule is CCCS(=O)(=O)N1CCCC1C(=O)Nc1ccc(F)c(Cl)c1. The first-order chi connectivity index (χ1) is 10.3. The van der Waals surface area contributed by atoms with Crippen molar-refractivity contribution >= 4 is 33.2 Å². The van der Waals surface area contributed by atoms with Gasteiger partial charge in [0.05, 0.1) is 10.8 Å². The van der Waals surface area contributed by atoms with E-state index in [1.165, 1.54) is 16.4 Å². The largest absolute Gasteiger partial charge is 0.325 e. The van der Waals surface area contributed by atoms with E-state index in [4.69, 9.17) is 11.6 Å². The Bertz CT molecular complexity index is 666. The van der Waals surface area contributed by atoms with Crippen molar-refractivity contribution in [2.24, 2.45) is 0 Å². The minimum absolute atomic E-state index is 0.0269. The molecular weight excluding hydrogens is 331 g/mol. The third-order valence-corrected chi connectivity index (χ3v) is 5.88. The Labute approximate surface area is 134 Å². The fraction of sp³-hybridized carbons (Fsp3) is 0.500. The van der Waals surface area contributed by atoms with Crippen LogP contribution >= 0.6 is 11.6 Å². The van der Waals surface area contributed by atoms with Crippen molar-refractivity contribution in [3.63, 3.8) is 0 Å². The minimum Gasteiger partial charge on any atom is -0.325 e. The molecule has 8 heteroatoms. The number of rotatable bonds is 5. The molecule has 1 heterocycles. The van der Waals surface area contributed by atoms with Crippen LogP contribution < -0.4 is 5.32 Å². The van der Waals surface area contributed by atoms with Crippen LogP contribution in [0.3, 0.4) is 0 Å². The van der Waals surface area contributed by atoms with Crippen molar-refractivity contribution in [1.29, 1.82) is 0 Å². The molecule has 2 rings (SSSR count). The lowest BCUT2D eigenvalue weighted by Gasteiger charge is -2.23. The van der Waals surface area contributed by atoms with E-state index < -0.39 is 27.8 Å². The number of anilines is 1. The quantitative estimate of drug-likeness (QED) is 0.889. The molecule has 1 fully saturated rings. The number of hydrogen-bond acceptors (Lipinski definition) is 3. The maximum Gasteiger partial charge on any atom is 0.242 e. The third kappa shape index (κ3) is 3.77. The van der Waals surface area contributed by atoms with Crippen LogP contribution in [-0.2, 0) is 14.8 Å². The molecule has 1 atom stereocenters. The molecule has 1 aliphatic rings. The second-order valence-corrected chi connectivity index (χ2v) is 7.65. The van der Waals surface area contributed by atoms with Crippen LogP contribution in [0.15, 0.2) is 18.2 Å². The second kappa shape index (κ2) is 6.93. The number of nitrogens with one attached hydrogen (secondary N) is 1. The number of benzene rings is 1. The van der Waals surface area contributed by atoms with Crippen LogP contribution in [0.4, 0.5) is 10.1 Å². The number of halogens is 2. The minimum atomic E-state index is -3.42. The molecule has 22 heavy (non-hydrogen) atoms. The fourth-order valence-electron chi connectivity index (χ4n) is 2.51. The highest BCUT2D eigenvalue weighted by molar-refractivity contribution is 7.89. The van der Waals surface area contributed by atoms with Crippen molar-refractivity contribution in [2.75, 3.05) is 17.6 Å². The van der Waals surface area contributed by atoms with E-state index in [1.54, 1.807) is 6.92 Å². The first-order valence-electron chi connectivity index (χ1n) is 7.10. The van der Waals surface area contributed by atoms with Crippen molar-refractivity contribution in [3.8, 4) is 0 Å². The molecule has 0 radical (unpaired) electrons. The lowest BCUT2D eigenvalue weighted by Crippen LogP contribution is -2.44. The van der Waals surface area contributed by atoms with Gasteiger partial charge in [0.25, 0.3) is 0 Å². The Morgan fingerprint density at radius 2 is 2.23 bits per heavy atom. The van der Waals surface area contributed by atoms with Gasteiger partial charge in [0, 0.05) is 12.2 Å². The summed E-state index contributed by atoms with van der Waals surface area (Å²) in [6.07, 6.45) is 1.62. The van der Waals surface area contributed by atoms with E-state index in [1.807, 2.05) is 0 Å². The molecule has 122 valence electrons. The highest BCUT2D eigenvalue weighted by Crippen LogP contribution is 2.24. The molecule has 1 unspecified atom stereocenters. The van der Waals surface area contributed by atoms with Crippen LogP contribution in [-0.4, -0.2) is 37.0 Å². The Kier molecular flexibility index (Phi) is 5.41. The van der Waals surface area contributed by atoms with Gasteiger partial charge < -0.3 is 5.32 Å². The van der Waals surface area contributed by atoms with Crippen molar-refractivity contribution in [2.45, 2.75) is 32.2 Å². The van der Waals surface area contributed by atoms with Gasteiger partial charge in [-0.25, -0.2) is 12.8 Å². The molecule has 0 aromatic heterocycles. The molecule has 1 aromatic carbocycles. The van der Waals surface area contributed by atoms with E-state index in [-0.39, 0.29) is 10.8 Å². The zero-order chi connectivity index (χ0) is 16.3. The number of carbonyl (C=O) groups excluding carboxylic acids is 1. The summed E-state index contributed by atoms with van der Waals surface area (Å²) in [4.78, 5) is 12.3.